The van der Waals surface area contributed by atoms with Crippen molar-refractivity contribution < 1.29 is 14.7 Å². The number of aromatic carboxylic acids is 1. The van der Waals surface area contributed by atoms with Gasteiger partial charge in [0.1, 0.15) is 0 Å². The van der Waals surface area contributed by atoms with E-state index in [0.29, 0.717) is 5.69 Å². The maximum absolute atomic E-state index is 12.5. The highest BCUT2D eigenvalue weighted by Gasteiger charge is 2.37. The minimum atomic E-state index is -1.04. The fourth-order valence-electron chi connectivity index (χ4n) is 2.95. The van der Waals surface area contributed by atoms with Gasteiger partial charge in [0.05, 0.1) is 16.3 Å². The van der Waals surface area contributed by atoms with Gasteiger partial charge in [0.25, 0.3) is 0 Å². The van der Waals surface area contributed by atoms with Crippen molar-refractivity contribution in [2.24, 2.45) is 11.3 Å². The average molecular weight is 310 g/mol. The molecule has 1 aliphatic rings. The van der Waals surface area contributed by atoms with Gasteiger partial charge in [-0.05, 0) is 36.5 Å². The lowest BCUT2D eigenvalue weighted by atomic mass is 9.68. The Hall–Kier alpha value is -1.55. The third kappa shape index (κ3) is 3.56. The van der Waals surface area contributed by atoms with Crippen molar-refractivity contribution in [3.63, 3.8) is 0 Å². The Morgan fingerprint density at radius 2 is 2.05 bits per heavy atom. The Morgan fingerprint density at radius 3 is 2.62 bits per heavy atom. The van der Waals surface area contributed by atoms with Crippen LogP contribution in [0.5, 0.6) is 0 Å². The predicted molar refractivity (Wildman–Crippen MR) is 82.8 cm³/mol. The Labute approximate surface area is 129 Å². The van der Waals surface area contributed by atoms with Gasteiger partial charge in [0.2, 0.25) is 5.91 Å². The van der Waals surface area contributed by atoms with E-state index in [0.717, 1.165) is 25.7 Å². The van der Waals surface area contributed by atoms with Crippen LogP contribution in [-0.4, -0.2) is 17.0 Å². The molecule has 1 aromatic carbocycles. The Bertz CT molecular complexity index is 569. The lowest BCUT2D eigenvalue weighted by Gasteiger charge is -2.37. The second-order valence-electron chi connectivity index (χ2n) is 6.28. The van der Waals surface area contributed by atoms with Crippen molar-refractivity contribution in [1.29, 1.82) is 0 Å². The minimum Gasteiger partial charge on any atom is -0.478 e. The summed E-state index contributed by atoms with van der Waals surface area (Å²) in [5.74, 6) is -1.12. The molecule has 1 aliphatic carbocycles. The van der Waals surface area contributed by atoms with Gasteiger partial charge >= 0.3 is 5.97 Å². The first-order chi connectivity index (χ1) is 9.81. The lowest BCUT2D eigenvalue weighted by molar-refractivity contribution is -0.124. The summed E-state index contributed by atoms with van der Waals surface area (Å²) < 4.78 is 0. The van der Waals surface area contributed by atoms with Crippen molar-refractivity contribution in [3.8, 4) is 0 Å². The van der Waals surface area contributed by atoms with E-state index in [4.69, 9.17) is 16.7 Å². The molecule has 0 spiro atoms. The molecule has 0 saturated heterocycles. The zero-order valence-corrected chi connectivity index (χ0v) is 13.0. The molecule has 1 unspecified atom stereocenters. The van der Waals surface area contributed by atoms with Crippen molar-refractivity contribution in [3.05, 3.63) is 28.8 Å². The second-order valence-corrected chi connectivity index (χ2v) is 6.68. The molecule has 2 N–H and O–H groups in total. The van der Waals surface area contributed by atoms with Crippen LogP contribution in [0.2, 0.25) is 5.02 Å². The van der Waals surface area contributed by atoms with Gasteiger partial charge in [-0.2, -0.15) is 0 Å². The smallest absolute Gasteiger partial charge is 0.335 e. The molecule has 0 aliphatic heterocycles. The molecule has 1 aromatic rings. The first kappa shape index (κ1) is 15.8. The number of rotatable bonds is 3. The first-order valence-corrected chi connectivity index (χ1v) is 7.53. The minimum absolute atomic E-state index is 0.0180. The fourth-order valence-corrected chi connectivity index (χ4v) is 3.18. The highest BCUT2D eigenvalue weighted by Crippen LogP contribution is 2.41. The summed E-state index contributed by atoms with van der Waals surface area (Å²) in [5.41, 5.74) is 0.555. The number of benzene rings is 1. The van der Waals surface area contributed by atoms with Crippen LogP contribution in [0, 0.1) is 11.3 Å². The number of carbonyl (C=O) groups is 2. The van der Waals surface area contributed by atoms with Crippen molar-refractivity contribution in [2.45, 2.75) is 39.5 Å². The Kier molecular flexibility index (Phi) is 4.57. The quantitative estimate of drug-likeness (QED) is 0.879. The van der Waals surface area contributed by atoms with E-state index in [1.165, 1.54) is 12.1 Å². The summed E-state index contributed by atoms with van der Waals surface area (Å²) in [6, 6.07) is 4.33. The van der Waals surface area contributed by atoms with E-state index in [9.17, 15) is 9.59 Å². The summed E-state index contributed by atoms with van der Waals surface area (Å²) >= 11 is 6.05. The van der Waals surface area contributed by atoms with E-state index in [-0.39, 0.29) is 27.8 Å². The standard InChI is InChI=1S/C16H20ClNO3/c1-16(2)8-4-3-5-11(16)14(19)18-13-7-6-10(15(20)21)9-12(13)17/h6-7,9,11H,3-5,8H2,1-2H3,(H,18,19)(H,20,21). The molecule has 0 bridgehead atoms. The maximum Gasteiger partial charge on any atom is 0.335 e. The molecule has 0 radical (unpaired) electrons. The molecular formula is C16H20ClNO3. The molecular weight excluding hydrogens is 290 g/mol. The van der Waals surface area contributed by atoms with Crippen molar-refractivity contribution in [1.82, 2.24) is 0 Å². The first-order valence-electron chi connectivity index (χ1n) is 7.15. The topological polar surface area (TPSA) is 66.4 Å². The molecule has 2 rings (SSSR count). The molecule has 1 saturated carbocycles. The fraction of sp³-hybridized carbons (Fsp3) is 0.500. The number of amides is 1. The van der Waals surface area contributed by atoms with E-state index < -0.39 is 5.97 Å². The molecule has 0 heterocycles. The third-order valence-electron chi connectivity index (χ3n) is 4.30. The van der Waals surface area contributed by atoms with Crippen molar-refractivity contribution >= 4 is 29.2 Å². The molecule has 4 nitrogen and oxygen atoms in total. The molecule has 0 aromatic heterocycles. The number of carboxylic acid groups (broad SMARTS) is 1. The van der Waals surface area contributed by atoms with Crippen molar-refractivity contribution in [2.75, 3.05) is 5.32 Å². The lowest BCUT2D eigenvalue weighted by Crippen LogP contribution is -2.37. The number of carbonyl (C=O) groups excluding carboxylic acids is 1. The summed E-state index contributed by atoms with van der Waals surface area (Å²) in [6.45, 7) is 4.23. The van der Waals surface area contributed by atoms with Gasteiger partial charge in [0, 0.05) is 5.92 Å². The summed E-state index contributed by atoms with van der Waals surface area (Å²) in [4.78, 5) is 23.3. The summed E-state index contributed by atoms with van der Waals surface area (Å²) in [7, 11) is 0. The normalized spacial score (nSPS) is 20.8. The van der Waals surface area contributed by atoms with Crippen LogP contribution in [0.25, 0.3) is 0 Å². The molecule has 1 atom stereocenters. The Balaban J connectivity index is 2.14. The van der Waals surface area contributed by atoms with Gasteiger partial charge in [-0.25, -0.2) is 4.79 Å². The van der Waals surface area contributed by atoms with Gasteiger partial charge in [-0.3, -0.25) is 4.79 Å². The van der Waals surface area contributed by atoms with Gasteiger partial charge in [-0.15, -0.1) is 0 Å². The highest BCUT2D eigenvalue weighted by atomic mass is 35.5. The van der Waals surface area contributed by atoms with Crippen LogP contribution < -0.4 is 5.32 Å². The van der Waals surface area contributed by atoms with E-state index in [1.807, 2.05) is 0 Å². The largest absolute Gasteiger partial charge is 0.478 e. The van der Waals surface area contributed by atoms with Crippen LogP contribution in [-0.2, 0) is 4.79 Å². The monoisotopic (exact) mass is 309 g/mol. The molecule has 114 valence electrons. The molecule has 1 amide bonds. The number of hydrogen-bond acceptors (Lipinski definition) is 2. The third-order valence-corrected chi connectivity index (χ3v) is 4.61. The summed E-state index contributed by atoms with van der Waals surface area (Å²) in [6.07, 6.45) is 4.14. The van der Waals surface area contributed by atoms with Crippen LogP contribution in [0.4, 0.5) is 5.69 Å². The van der Waals surface area contributed by atoms with Crippen LogP contribution in [0.3, 0.4) is 0 Å². The molecule has 5 heteroatoms. The maximum atomic E-state index is 12.5. The Morgan fingerprint density at radius 1 is 1.33 bits per heavy atom. The van der Waals surface area contributed by atoms with Gasteiger partial charge in [0.15, 0.2) is 0 Å². The highest BCUT2D eigenvalue weighted by molar-refractivity contribution is 6.34. The number of anilines is 1. The molecule has 21 heavy (non-hydrogen) atoms. The zero-order valence-electron chi connectivity index (χ0n) is 12.3. The van der Waals surface area contributed by atoms with E-state index in [1.54, 1.807) is 6.07 Å². The molecule has 1 fully saturated rings. The van der Waals surface area contributed by atoms with E-state index in [2.05, 4.69) is 19.2 Å². The second kappa shape index (κ2) is 6.06. The van der Waals surface area contributed by atoms with Crippen LogP contribution in [0.1, 0.15) is 49.9 Å². The van der Waals surface area contributed by atoms with E-state index >= 15 is 0 Å². The number of nitrogens with one attached hydrogen (secondary N) is 1. The van der Waals surface area contributed by atoms with Crippen LogP contribution >= 0.6 is 11.6 Å². The van der Waals surface area contributed by atoms with Gasteiger partial charge < -0.3 is 10.4 Å². The zero-order chi connectivity index (χ0) is 15.6. The number of carboxylic acids is 1. The number of hydrogen-bond donors (Lipinski definition) is 2. The number of halogens is 1. The summed E-state index contributed by atoms with van der Waals surface area (Å²) in [5, 5.41) is 12.0. The predicted octanol–water partition coefficient (Wildman–Crippen LogP) is 4.19. The van der Waals surface area contributed by atoms with Crippen LogP contribution in [0.15, 0.2) is 18.2 Å². The van der Waals surface area contributed by atoms with Gasteiger partial charge in [-0.1, -0.05) is 38.3 Å². The SMILES string of the molecule is CC1(C)CCCCC1C(=O)Nc1ccc(C(=O)O)cc1Cl. The average Bonchev–Trinajstić information content (AvgIpc) is 2.40.